The zero-order valence-corrected chi connectivity index (χ0v) is 21.5. The van der Waals surface area contributed by atoms with Crippen LogP contribution >= 0.6 is 0 Å². The molecule has 0 amide bonds. The van der Waals surface area contributed by atoms with Crippen LogP contribution in [-0.2, 0) is 26.2 Å². The molecule has 0 aliphatic carbocycles. The summed E-state index contributed by atoms with van der Waals surface area (Å²) in [5.41, 5.74) is 4.65. The molecule has 0 saturated heterocycles. The molecule has 0 radical (unpaired) electrons. The van der Waals surface area contributed by atoms with E-state index < -0.39 is 6.16 Å². The number of unbranched alkanes of at least 4 members (excludes halogenated alkanes) is 2. The zero-order valence-electron chi connectivity index (χ0n) is 21.5. The van der Waals surface area contributed by atoms with E-state index in [1.54, 1.807) is 4.68 Å². The van der Waals surface area contributed by atoms with Gasteiger partial charge in [0.15, 0.2) is 5.76 Å². The summed E-state index contributed by atoms with van der Waals surface area (Å²) in [5.74, 6) is 0.324. The lowest BCUT2D eigenvalue weighted by molar-refractivity contribution is -0.00617. The van der Waals surface area contributed by atoms with E-state index in [1.807, 2.05) is 45.0 Å². The fourth-order valence-corrected chi connectivity index (χ4v) is 3.52. The lowest BCUT2D eigenvalue weighted by Crippen LogP contribution is -2.13. The van der Waals surface area contributed by atoms with Crippen LogP contribution in [0.25, 0.3) is 11.3 Å². The van der Waals surface area contributed by atoms with Crippen molar-refractivity contribution in [2.24, 2.45) is 0 Å². The first-order valence-corrected chi connectivity index (χ1v) is 11.9. The molecule has 1 heterocycles. The standard InChI is InChI=1S/C27H37N3O4/c1-8-10-11-16-32-26(31)34-18-33-25(24-19(3)20(4)29-30(24)9-2)23(17-28)21-12-14-22(15-13-21)27(5,6)7/h12-15H,8-11,16,18H2,1-7H3/b25-23-. The van der Waals surface area contributed by atoms with Gasteiger partial charge in [-0.05, 0) is 43.7 Å². The SMILES string of the molecule is CCCCCOC(=O)OCO/C(=C(/C#N)c1ccc(C(C)(C)C)cc1)c1c(C)c(C)nn1CC. The molecule has 0 N–H and O–H groups in total. The first kappa shape index (κ1) is 27.0. The van der Waals surface area contributed by atoms with Gasteiger partial charge in [0.05, 0.1) is 12.3 Å². The molecule has 0 spiro atoms. The summed E-state index contributed by atoms with van der Waals surface area (Å²) in [7, 11) is 0. The van der Waals surface area contributed by atoms with Gasteiger partial charge in [-0.1, -0.05) is 64.8 Å². The lowest BCUT2D eigenvalue weighted by atomic mass is 9.86. The van der Waals surface area contributed by atoms with Gasteiger partial charge in [0, 0.05) is 12.1 Å². The molecule has 0 atom stereocenters. The second-order valence-corrected chi connectivity index (χ2v) is 9.23. The Labute approximate surface area is 203 Å². The minimum atomic E-state index is -0.791. The van der Waals surface area contributed by atoms with Gasteiger partial charge in [-0.3, -0.25) is 4.68 Å². The third-order valence-corrected chi connectivity index (χ3v) is 5.67. The Morgan fingerprint density at radius 1 is 1.06 bits per heavy atom. The summed E-state index contributed by atoms with van der Waals surface area (Å²) in [6.45, 7) is 14.9. The number of carbonyl (C=O) groups excluding carboxylic acids is 1. The minimum absolute atomic E-state index is 0.00571. The largest absolute Gasteiger partial charge is 0.511 e. The molecule has 7 heteroatoms. The van der Waals surface area contributed by atoms with E-state index in [-0.39, 0.29) is 12.2 Å². The number of benzene rings is 1. The molecule has 0 fully saturated rings. The Bertz CT molecular complexity index is 1040. The van der Waals surface area contributed by atoms with E-state index in [1.165, 1.54) is 0 Å². The topological polar surface area (TPSA) is 86.4 Å². The third-order valence-electron chi connectivity index (χ3n) is 5.67. The quantitative estimate of drug-likeness (QED) is 0.130. The number of hydrogen-bond acceptors (Lipinski definition) is 6. The molecule has 1 aromatic carbocycles. The van der Waals surface area contributed by atoms with Crippen molar-refractivity contribution in [2.75, 3.05) is 13.4 Å². The van der Waals surface area contributed by atoms with Crippen LogP contribution in [0.5, 0.6) is 0 Å². The molecule has 184 valence electrons. The molecule has 0 aliphatic rings. The maximum atomic E-state index is 11.9. The maximum Gasteiger partial charge on any atom is 0.511 e. The summed E-state index contributed by atoms with van der Waals surface area (Å²) in [6, 6.07) is 10.2. The van der Waals surface area contributed by atoms with Crippen molar-refractivity contribution < 1.29 is 19.0 Å². The molecule has 0 bridgehead atoms. The summed E-state index contributed by atoms with van der Waals surface area (Å²) in [6.07, 6.45) is 2.01. The fourth-order valence-electron chi connectivity index (χ4n) is 3.52. The maximum absolute atomic E-state index is 11.9. The minimum Gasteiger partial charge on any atom is -0.454 e. The number of aromatic nitrogens is 2. The van der Waals surface area contributed by atoms with Crippen LogP contribution in [0.2, 0.25) is 0 Å². The van der Waals surface area contributed by atoms with Gasteiger partial charge < -0.3 is 14.2 Å². The van der Waals surface area contributed by atoms with Crippen LogP contribution in [0.1, 0.15) is 82.0 Å². The first-order valence-electron chi connectivity index (χ1n) is 11.9. The van der Waals surface area contributed by atoms with E-state index >= 15 is 0 Å². The molecule has 1 aromatic heterocycles. The Morgan fingerprint density at radius 2 is 1.74 bits per heavy atom. The second-order valence-electron chi connectivity index (χ2n) is 9.23. The van der Waals surface area contributed by atoms with Crippen molar-refractivity contribution in [3.05, 3.63) is 52.3 Å². The fraction of sp³-hybridized carbons (Fsp3) is 0.519. The predicted molar refractivity (Wildman–Crippen MR) is 133 cm³/mol. The van der Waals surface area contributed by atoms with Gasteiger partial charge in [-0.2, -0.15) is 10.4 Å². The van der Waals surface area contributed by atoms with E-state index in [0.717, 1.165) is 36.1 Å². The molecule has 7 nitrogen and oxygen atoms in total. The number of carbonyl (C=O) groups is 1. The molecule has 0 saturated carbocycles. The molecule has 0 aliphatic heterocycles. The van der Waals surface area contributed by atoms with Gasteiger partial charge in [0.25, 0.3) is 0 Å². The van der Waals surface area contributed by atoms with Crippen molar-refractivity contribution in [2.45, 2.75) is 79.7 Å². The number of nitriles is 1. The van der Waals surface area contributed by atoms with Crippen molar-refractivity contribution in [3.63, 3.8) is 0 Å². The van der Waals surface area contributed by atoms with Gasteiger partial charge in [0.1, 0.15) is 17.3 Å². The average Bonchev–Trinajstić information content (AvgIpc) is 3.09. The average molecular weight is 468 g/mol. The molecule has 34 heavy (non-hydrogen) atoms. The third kappa shape index (κ3) is 6.86. The highest BCUT2D eigenvalue weighted by Crippen LogP contribution is 2.32. The first-order chi connectivity index (χ1) is 16.1. The summed E-state index contributed by atoms with van der Waals surface area (Å²) < 4.78 is 17.9. The summed E-state index contributed by atoms with van der Waals surface area (Å²) in [5, 5.41) is 14.7. The number of ether oxygens (including phenoxy) is 3. The van der Waals surface area contributed by atoms with Crippen LogP contribution in [0.4, 0.5) is 4.79 Å². The monoisotopic (exact) mass is 467 g/mol. The summed E-state index contributed by atoms with van der Waals surface area (Å²) in [4.78, 5) is 11.9. The van der Waals surface area contributed by atoms with E-state index in [4.69, 9.17) is 14.2 Å². The number of hydrogen-bond donors (Lipinski definition) is 0. The van der Waals surface area contributed by atoms with Gasteiger partial charge >= 0.3 is 6.16 Å². The Balaban J connectivity index is 2.40. The van der Waals surface area contributed by atoms with E-state index in [0.29, 0.717) is 35.7 Å². The van der Waals surface area contributed by atoms with Crippen molar-refractivity contribution in [1.82, 2.24) is 9.78 Å². The Morgan fingerprint density at radius 3 is 2.29 bits per heavy atom. The highest BCUT2D eigenvalue weighted by molar-refractivity contribution is 5.94. The highest BCUT2D eigenvalue weighted by Gasteiger charge is 2.23. The lowest BCUT2D eigenvalue weighted by Gasteiger charge is -2.19. The van der Waals surface area contributed by atoms with Crippen LogP contribution in [-0.4, -0.2) is 29.3 Å². The number of nitrogens with zero attached hydrogens (tertiary/aromatic N) is 3. The normalized spacial score (nSPS) is 12.1. The highest BCUT2D eigenvalue weighted by atomic mass is 16.8. The Kier molecular flexibility index (Phi) is 9.73. The molecular formula is C27H37N3O4. The van der Waals surface area contributed by atoms with E-state index in [9.17, 15) is 10.1 Å². The molecule has 2 aromatic rings. The molecule has 2 rings (SSSR count). The zero-order chi connectivity index (χ0) is 25.3. The van der Waals surface area contributed by atoms with Gasteiger partial charge in [-0.25, -0.2) is 4.79 Å². The van der Waals surface area contributed by atoms with E-state index in [2.05, 4.69) is 38.9 Å². The van der Waals surface area contributed by atoms with Crippen molar-refractivity contribution >= 4 is 17.5 Å². The molecule has 0 unspecified atom stereocenters. The van der Waals surface area contributed by atoms with Crippen molar-refractivity contribution in [3.8, 4) is 6.07 Å². The van der Waals surface area contributed by atoms with Crippen LogP contribution in [0.3, 0.4) is 0 Å². The Hall–Kier alpha value is -3.27. The second kappa shape index (κ2) is 12.3. The molecular weight excluding hydrogens is 430 g/mol. The number of rotatable bonds is 10. The van der Waals surface area contributed by atoms with Gasteiger partial charge in [-0.15, -0.1) is 0 Å². The van der Waals surface area contributed by atoms with Crippen LogP contribution < -0.4 is 0 Å². The van der Waals surface area contributed by atoms with Gasteiger partial charge in [0.2, 0.25) is 6.79 Å². The van der Waals surface area contributed by atoms with Crippen LogP contribution in [0.15, 0.2) is 24.3 Å². The number of allylic oxidation sites excluding steroid dienone is 1. The smallest absolute Gasteiger partial charge is 0.454 e. The van der Waals surface area contributed by atoms with Crippen molar-refractivity contribution in [1.29, 1.82) is 5.26 Å². The summed E-state index contributed by atoms with van der Waals surface area (Å²) >= 11 is 0. The predicted octanol–water partition coefficient (Wildman–Crippen LogP) is 6.53. The van der Waals surface area contributed by atoms with Crippen LogP contribution in [0, 0.1) is 25.2 Å². The number of aryl methyl sites for hydroxylation is 2.